The van der Waals surface area contributed by atoms with E-state index in [0.717, 1.165) is 18.7 Å². The van der Waals surface area contributed by atoms with Gasteiger partial charge in [-0.2, -0.15) is 8.78 Å². The van der Waals surface area contributed by atoms with Gasteiger partial charge in [0.1, 0.15) is 5.75 Å². The van der Waals surface area contributed by atoms with Crippen LogP contribution in [0.4, 0.5) is 14.5 Å². The SMILES string of the molecule is O=S(=O)(Nc1ccccc1OC(F)F)c1ccc(CN2CCOCC2)cc1. The monoisotopic (exact) mass is 398 g/mol. The number of ether oxygens (including phenoxy) is 2. The Morgan fingerprint density at radius 1 is 1.07 bits per heavy atom. The van der Waals surface area contributed by atoms with Crippen molar-refractivity contribution in [3.05, 3.63) is 54.1 Å². The molecule has 146 valence electrons. The number of nitrogens with one attached hydrogen (secondary N) is 1. The van der Waals surface area contributed by atoms with Gasteiger partial charge in [0.25, 0.3) is 10.0 Å². The molecule has 1 saturated heterocycles. The summed E-state index contributed by atoms with van der Waals surface area (Å²) in [6.07, 6.45) is 0. The molecule has 0 saturated carbocycles. The van der Waals surface area contributed by atoms with Crippen molar-refractivity contribution < 1.29 is 26.7 Å². The molecule has 0 amide bonds. The second-order valence-corrected chi connectivity index (χ2v) is 7.70. The molecule has 1 aliphatic rings. The van der Waals surface area contributed by atoms with Crippen LogP contribution in [0, 0.1) is 0 Å². The molecule has 2 aromatic carbocycles. The number of hydrogen-bond acceptors (Lipinski definition) is 5. The first kappa shape index (κ1) is 19.5. The third-order valence-corrected chi connectivity index (χ3v) is 5.47. The van der Waals surface area contributed by atoms with Gasteiger partial charge in [0, 0.05) is 19.6 Å². The number of benzene rings is 2. The van der Waals surface area contributed by atoms with Gasteiger partial charge >= 0.3 is 6.61 Å². The summed E-state index contributed by atoms with van der Waals surface area (Å²) in [6.45, 7) is 0.718. The third-order valence-electron chi connectivity index (χ3n) is 4.09. The largest absolute Gasteiger partial charge is 0.433 e. The van der Waals surface area contributed by atoms with E-state index < -0.39 is 16.6 Å². The summed E-state index contributed by atoms with van der Waals surface area (Å²) in [5.41, 5.74) is 0.937. The van der Waals surface area contributed by atoms with Crippen molar-refractivity contribution in [3.63, 3.8) is 0 Å². The van der Waals surface area contributed by atoms with Crippen LogP contribution in [-0.2, 0) is 21.3 Å². The van der Waals surface area contributed by atoms with Gasteiger partial charge < -0.3 is 9.47 Å². The fourth-order valence-corrected chi connectivity index (χ4v) is 3.82. The van der Waals surface area contributed by atoms with Crippen LogP contribution >= 0.6 is 0 Å². The average Bonchev–Trinajstić information content (AvgIpc) is 2.64. The van der Waals surface area contributed by atoms with E-state index in [9.17, 15) is 17.2 Å². The molecule has 1 fully saturated rings. The van der Waals surface area contributed by atoms with Crippen LogP contribution in [0.1, 0.15) is 5.56 Å². The highest BCUT2D eigenvalue weighted by molar-refractivity contribution is 7.92. The number of hydrogen-bond donors (Lipinski definition) is 1. The Bertz CT molecular complexity index is 854. The molecule has 9 heteroatoms. The fraction of sp³-hybridized carbons (Fsp3) is 0.333. The minimum absolute atomic E-state index is 0.0417. The highest BCUT2D eigenvalue weighted by Crippen LogP contribution is 2.28. The number of sulfonamides is 1. The first-order chi connectivity index (χ1) is 12.9. The molecule has 0 spiro atoms. The van der Waals surface area contributed by atoms with Gasteiger partial charge in [-0.1, -0.05) is 24.3 Å². The molecule has 3 rings (SSSR count). The number of alkyl halides is 2. The quantitative estimate of drug-likeness (QED) is 0.777. The van der Waals surface area contributed by atoms with Crippen LogP contribution < -0.4 is 9.46 Å². The van der Waals surface area contributed by atoms with E-state index in [4.69, 9.17) is 4.74 Å². The van der Waals surface area contributed by atoms with Gasteiger partial charge in [-0.15, -0.1) is 0 Å². The van der Waals surface area contributed by atoms with Gasteiger partial charge in [0.05, 0.1) is 23.8 Å². The summed E-state index contributed by atoms with van der Waals surface area (Å²) < 4.78 is 62.0. The van der Waals surface area contributed by atoms with Crippen molar-refractivity contribution >= 4 is 15.7 Å². The lowest BCUT2D eigenvalue weighted by Crippen LogP contribution is -2.35. The maximum atomic E-state index is 12.6. The average molecular weight is 398 g/mol. The van der Waals surface area contributed by atoms with Gasteiger partial charge in [0.2, 0.25) is 0 Å². The first-order valence-electron chi connectivity index (χ1n) is 8.40. The summed E-state index contributed by atoms with van der Waals surface area (Å²) >= 11 is 0. The molecule has 0 unspecified atom stereocenters. The van der Waals surface area contributed by atoms with Crippen LogP contribution in [0.15, 0.2) is 53.4 Å². The van der Waals surface area contributed by atoms with E-state index in [1.807, 2.05) is 0 Å². The van der Waals surface area contributed by atoms with Crippen LogP contribution in [0.5, 0.6) is 5.75 Å². The molecule has 0 bridgehead atoms. The summed E-state index contributed by atoms with van der Waals surface area (Å²) in [4.78, 5) is 2.27. The Labute approximate surface area is 156 Å². The van der Waals surface area contributed by atoms with Gasteiger partial charge in [-0.3, -0.25) is 9.62 Å². The number of para-hydroxylation sites is 2. The smallest absolute Gasteiger partial charge is 0.387 e. The Hall–Kier alpha value is -2.23. The van der Waals surface area contributed by atoms with E-state index in [-0.39, 0.29) is 16.3 Å². The van der Waals surface area contributed by atoms with Crippen LogP contribution in [0.3, 0.4) is 0 Å². The molecular weight excluding hydrogens is 378 g/mol. The third kappa shape index (κ3) is 5.38. The van der Waals surface area contributed by atoms with Crippen LogP contribution in [0.25, 0.3) is 0 Å². The Balaban J connectivity index is 1.71. The highest BCUT2D eigenvalue weighted by Gasteiger charge is 2.18. The van der Waals surface area contributed by atoms with E-state index in [1.165, 1.54) is 36.4 Å². The zero-order valence-corrected chi connectivity index (χ0v) is 15.3. The zero-order chi connectivity index (χ0) is 19.3. The second-order valence-electron chi connectivity index (χ2n) is 6.01. The van der Waals surface area contributed by atoms with Gasteiger partial charge in [-0.25, -0.2) is 8.42 Å². The molecular formula is C18H20F2N2O4S. The minimum atomic E-state index is -3.93. The lowest BCUT2D eigenvalue weighted by Gasteiger charge is -2.26. The first-order valence-corrected chi connectivity index (χ1v) is 9.88. The Morgan fingerprint density at radius 2 is 1.74 bits per heavy atom. The molecule has 0 aliphatic carbocycles. The lowest BCUT2D eigenvalue weighted by atomic mass is 10.2. The number of morpholine rings is 1. The van der Waals surface area contributed by atoms with E-state index >= 15 is 0 Å². The molecule has 6 nitrogen and oxygen atoms in total. The molecule has 1 aliphatic heterocycles. The molecule has 1 N–H and O–H groups in total. The van der Waals surface area contributed by atoms with E-state index in [1.54, 1.807) is 12.1 Å². The fourth-order valence-electron chi connectivity index (χ4n) is 2.74. The highest BCUT2D eigenvalue weighted by atomic mass is 32.2. The Kier molecular flexibility index (Phi) is 6.25. The maximum absolute atomic E-state index is 12.6. The van der Waals surface area contributed by atoms with Crippen molar-refractivity contribution in [2.75, 3.05) is 31.0 Å². The zero-order valence-electron chi connectivity index (χ0n) is 14.5. The van der Waals surface area contributed by atoms with E-state index in [2.05, 4.69) is 14.4 Å². The molecule has 0 atom stereocenters. The molecule has 1 heterocycles. The van der Waals surface area contributed by atoms with Gasteiger partial charge in [-0.05, 0) is 29.8 Å². The van der Waals surface area contributed by atoms with E-state index in [0.29, 0.717) is 19.8 Å². The van der Waals surface area contributed by atoms with Crippen LogP contribution in [0.2, 0.25) is 0 Å². The Morgan fingerprint density at radius 3 is 2.41 bits per heavy atom. The lowest BCUT2D eigenvalue weighted by molar-refractivity contribution is -0.0493. The molecule has 27 heavy (non-hydrogen) atoms. The van der Waals surface area contributed by atoms with Gasteiger partial charge in [0.15, 0.2) is 0 Å². The molecule has 0 radical (unpaired) electrons. The summed E-state index contributed by atoms with van der Waals surface area (Å²) in [5.74, 6) is -0.236. The van der Waals surface area contributed by atoms with Crippen molar-refractivity contribution in [1.29, 1.82) is 0 Å². The summed E-state index contributed by atoms with van der Waals surface area (Å²) in [6, 6.07) is 12.1. The van der Waals surface area contributed by atoms with Crippen molar-refractivity contribution in [2.24, 2.45) is 0 Å². The number of nitrogens with zero attached hydrogens (tertiary/aromatic N) is 1. The second kappa shape index (κ2) is 8.64. The van der Waals surface area contributed by atoms with Crippen molar-refractivity contribution in [2.45, 2.75) is 18.1 Å². The minimum Gasteiger partial charge on any atom is -0.433 e. The topological polar surface area (TPSA) is 67.9 Å². The van der Waals surface area contributed by atoms with Crippen molar-refractivity contribution in [1.82, 2.24) is 4.90 Å². The number of anilines is 1. The predicted molar refractivity (Wildman–Crippen MR) is 96.4 cm³/mol. The standard InChI is InChI=1S/C18H20F2N2O4S/c19-18(20)26-17-4-2-1-3-16(17)21-27(23,24)15-7-5-14(6-8-15)13-22-9-11-25-12-10-22/h1-8,18,21H,9-13H2. The number of rotatable bonds is 7. The van der Waals surface area contributed by atoms with Crippen LogP contribution in [-0.4, -0.2) is 46.2 Å². The molecule has 2 aromatic rings. The number of halogens is 2. The maximum Gasteiger partial charge on any atom is 0.387 e. The summed E-state index contributed by atoms with van der Waals surface area (Å²) in [5, 5.41) is 0. The normalized spacial score (nSPS) is 15.7. The molecule has 0 aromatic heterocycles. The predicted octanol–water partition coefficient (Wildman–Crippen LogP) is 2.92. The summed E-state index contributed by atoms with van der Waals surface area (Å²) in [7, 11) is -3.93. The van der Waals surface area contributed by atoms with Crippen molar-refractivity contribution in [3.8, 4) is 5.75 Å².